The van der Waals surface area contributed by atoms with Crippen LogP contribution in [0.25, 0.3) is 0 Å². The average molecular weight is 377 g/mol. The normalized spacial score (nSPS) is 15.7. The topological polar surface area (TPSA) is 125 Å². The second-order valence-corrected chi connectivity index (χ2v) is 7.17. The molecule has 0 bridgehead atoms. The Kier molecular flexibility index (Phi) is 5.72. The van der Waals surface area contributed by atoms with Crippen molar-refractivity contribution in [2.45, 2.75) is 45.8 Å². The molecule has 1 unspecified atom stereocenters. The van der Waals surface area contributed by atoms with Gasteiger partial charge in [-0.1, -0.05) is 12.1 Å². The van der Waals surface area contributed by atoms with Crippen LogP contribution in [-0.4, -0.2) is 47.2 Å². The largest absolute Gasteiger partial charge is 0.480 e. The fourth-order valence-corrected chi connectivity index (χ4v) is 2.83. The highest BCUT2D eigenvalue weighted by Crippen LogP contribution is 2.38. The van der Waals surface area contributed by atoms with Gasteiger partial charge in [-0.3, -0.25) is 14.5 Å². The summed E-state index contributed by atoms with van der Waals surface area (Å²) >= 11 is 0. The second kappa shape index (κ2) is 7.65. The summed E-state index contributed by atoms with van der Waals surface area (Å²) in [6, 6.07) is 3.84. The minimum Gasteiger partial charge on any atom is -0.480 e. The van der Waals surface area contributed by atoms with Crippen LogP contribution in [0.15, 0.2) is 18.2 Å². The molecule has 0 saturated carbocycles. The number of carbonyl (C=O) groups is 4. The Bertz CT molecular complexity index is 784. The van der Waals surface area contributed by atoms with E-state index in [0.29, 0.717) is 16.9 Å². The molecule has 27 heavy (non-hydrogen) atoms. The highest BCUT2D eigenvalue weighted by atomic mass is 16.6. The molecule has 0 fully saturated rings. The van der Waals surface area contributed by atoms with E-state index in [2.05, 4.69) is 10.6 Å². The highest BCUT2D eigenvalue weighted by Gasteiger charge is 2.40. The van der Waals surface area contributed by atoms with Crippen molar-refractivity contribution in [3.8, 4) is 0 Å². The van der Waals surface area contributed by atoms with Gasteiger partial charge in [0.25, 0.3) is 0 Å². The van der Waals surface area contributed by atoms with E-state index >= 15 is 0 Å². The number of benzene rings is 1. The van der Waals surface area contributed by atoms with E-state index in [-0.39, 0.29) is 12.3 Å². The zero-order chi connectivity index (χ0) is 20.4. The first-order valence-electron chi connectivity index (χ1n) is 8.41. The van der Waals surface area contributed by atoms with Crippen LogP contribution in [0.1, 0.15) is 33.3 Å². The third-order valence-corrected chi connectivity index (χ3v) is 3.73. The van der Waals surface area contributed by atoms with Crippen molar-refractivity contribution in [3.05, 3.63) is 23.8 Å². The van der Waals surface area contributed by atoms with Crippen molar-refractivity contribution in [1.82, 2.24) is 5.32 Å². The number of hydrogen-bond donors (Lipinski definition) is 3. The van der Waals surface area contributed by atoms with Crippen LogP contribution in [0, 0.1) is 0 Å². The summed E-state index contributed by atoms with van der Waals surface area (Å²) in [5.41, 5.74) is 0.569. The van der Waals surface area contributed by atoms with E-state index in [4.69, 9.17) is 4.74 Å². The van der Waals surface area contributed by atoms with Crippen molar-refractivity contribution in [1.29, 1.82) is 0 Å². The van der Waals surface area contributed by atoms with Crippen LogP contribution in [0.3, 0.4) is 0 Å². The Morgan fingerprint density at radius 3 is 2.48 bits per heavy atom. The Hall–Kier alpha value is -3.10. The maximum Gasteiger partial charge on any atom is 0.408 e. The van der Waals surface area contributed by atoms with Gasteiger partial charge in [0, 0.05) is 13.3 Å². The molecule has 0 spiro atoms. The molecular weight excluding hydrogens is 354 g/mol. The summed E-state index contributed by atoms with van der Waals surface area (Å²) in [6.07, 6.45) is -0.673. The molecule has 3 N–H and O–H groups in total. The van der Waals surface area contributed by atoms with Gasteiger partial charge in [0.2, 0.25) is 11.8 Å². The van der Waals surface area contributed by atoms with Crippen molar-refractivity contribution in [3.63, 3.8) is 0 Å². The van der Waals surface area contributed by atoms with Gasteiger partial charge >= 0.3 is 12.1 Å². The molecule has 9 nitrogen and oxygen atoms in total. The fraction of sp³-hybridized carbons (Fsp3) is 0.444. The number of carbonyl (C=O) groups excluding carboxylic acids is 3. The number of carboxylic acids is 1. The van der Waals surface area contributed by atoms with E-state index in [0.717, 1.165) is 4.90 Å². The number of alkyl carbamates (subject to hydrolysis) is 1. The number of hydrogen-bond acceptors (Lipinski definition) is 5. The molecular formula is C18H23N3O6. The number of carboxylic acid groups (broad SMARTS) is 1. The first-order chi connectivity index (χ1) is 12.5. The molecule has 1 heterocycles. The van der Waals surface area contributed by atoms with Crippen LogP contribution >= 0.6 is 0 Å². The van der Waals surface area contributed by atoms with Crippen molar-refractivity contribution < 1.29 is 29.0 Å². The Morgan fingerprint density at radius 1 is 1.26 bits per heavy atom. The molecule has 3 amide bonds. The van der Waals surface area contributed by atoms with Gasteiger partial charge in [-0.15, -0.1) is 0 Å². The standard InChI is InChI=1S/C18H23N3O6/c1-10(22)20-12-7-5-6-11-8-13(16(24)25)21(15(11)12)14(23)9-19-17(26)27-18(2,3)4/h5-7,13H,8-9H2,1-4H3,(H,19,26)(H,20,22)(H,24,25). The van der Waals surface area contributed by atoms with Crippen LogP contribution in [0.5, 0.6) is 0 Å². The maximum atomic E-state index is 12.7. The molecule has 1 aromatic carbocycles. The molecule has 0 aromatic heterocycles. The van der Waals surface area contributed by atoms with Crippen molar-refractivity contribution in [2.75, 3.05) is 16.8 Å². The minimum atomic E-state index is -1.18. The molecule has 0 aliphatic carbocycles. The number of aliphatic carboxylic acids is 1. The molecule has 0 saturated heterocycles. The van der Waals surface area contributed by atoms with Crippen LogP contribution < -0.4 is 15.5 Å². The number of para-hydroxylation sites is 1. The summed E-state index contributed by atoms with van der Waals surface area (Å²) in [5.74, 6) is -2.14. The first-order valence-corrected chi connectivity index (χ1v) is 8.41. The second-order valence-electron chi connectivity index (χ2n) is 7.17. The minimum absolute atomic E-state index is 0.107. The fourth-order valence-electron chi connectivity index (χ4n) is 2.83. The Labute approximate surface area is 156 Å². The molecule has 1 aliphatic heterocycles. The van der Waals surface area contributed by atoms with Gasteiger partial charge in [-0.2, -0.15) is 0 Å². The van der Waals surface area contributed by atoms with E-state index in [1.807, 2.05) is 0 Å². The average Bonchev–Trinajstić information content (AvgIpc) is 2.91. The molecule has 9 heteroatoms. The lowest BCUT2D eigenvalue weighted by atomic mass is 10.1. The van der Waals surface area contributed by atoms with Crippen LogP contribution in [0.2, 0.25) is 0 Å². The van der Waals surface area contributed by atoms with E-state index in [9.17, 15) is 24.3 Å². The number of amides is 3. The highest BCUT2D eigenvalue weighted by molar-refractivity contribution is 6.08. The van der Waals surface area contributed by atoms with Crippen LogP contribution in [-0.2, 0) is 25.5 Å². The SMILES string of the molecule is CC(=O)Nc1cccc2c1N(C(=O)CNC(=O)OC(C)(C)C)C(C(=O)O)C2. The smallest absolute Gasteiger partial charge is 0.408 e. The van der Waals surface area contributed by atoms with E-state index in [1.54, 1.807) is 39.0 Å². The Balaban J connectivity index is 2.26. The summed E-state index contributed by atoms with van der Waals surface area (Å²) in [7, 11) is 0. The summed E-state index contributed by atoms with van der Waals surface area (Å²) in [5, 5.41) is 14.5. The number of rotatable bonds is 4. The number of fused-ring (bicyclic) bond motifs is 1. The zero-order valence-corrected chi connectivity index (χ0v) is 15.7. The van der Waals surface area contributed by atoms with Gasteiger partial charge < -0.3 is 20.5 Å². The molecule has 1 aliphatic rings. The van der Waals surface area contributed by atoms with Crippen molar-refractivity contribution in [2.24, 2.45) is 0 Å². The number of nitrogens with one attached hydrogen (secondary N) is 2. The lowest BCUT2D eigenvalue weighted by molar-refractivity contribution is -0.139. The number of nitrogens with zero attached hydrogens (tertiary/aromatic N) is 1. The van der Waals surface area contributed by atoms with E-state index in [1.165, 1.54) is 6.92 Å². The molecule has 1 aromatic rings. The third kappa shape index (κ3) is 4.96. The van der Waals surface area contributed by atoms with Crippen molar-refractivity contribution >= 4 is 35.3 Å². The number of ether oxygens (including phenoxy) is 1. The van der Waals surface area contributed by atoms with Gasteiger partial charge in [-0.05, 0) is 32.4 Å². The zero-order valence-electron chi connectivity index (χ0n) is 15.7. The molecule has 2 rings (SSSR count). The summed E-state index contributed by atoms with van der Waals surface area (Å²) < 4.78 is 5.08. The summed E-state index contributed by atoms with van der Waals surface area (Å²) in [4.78, 5) is 48.7. The number of anilines is 2. The predicted octanol–water partition coefficient (Wildman–Crippen LogP) is 1.51. The van der Waals surface area contributed by atoms with Crippen LogP contribution in [0.4, 0.5) is 16.2 Å². The molecule has 1 atom stereocenters. The predicted molar refractivity (Wildman–Crippen MR) is 97.6 cm³/mol. The van der Waals surface area contributed by atoms with Gasteiger partial charge in [0.15, 0.2) is 0 Å². The summed E-state index contributed by atoms with van der Waals surface area (Å²) in [6.45, 7) is 5.94. The van der Waals surface area contributed by atoms with Gasteiger partial charge in [0.05, 0.1) is 11.4 Å². The lowest BCUT2D eigenvalue weighted by Crippen LogP contribution is -2.48. The van der Waals surface area contributed by atoms with Gasteiger partial charge in [0.1, 0.15) is 18.2 Å². The Morgan fingerprint density at radius 2 is 1.93 bits per heavy atom. The molecule has 0 radical (unpaired) electrons. The van der Waals surface area contributed by atoms with Gasteiger partial charge in [-0.25, -0.2) is 9.59 Å². The quantitative estimate of drug-likeness (QED) is 0.730. The lowest BCUT2D eigenvalue weighted by Gasteiger charge is -2.25. The first kappa shape index (κ1) is 20.2. The van der Waals surface area contributed by atoms with E-state index < -0.39 is 36.2 Å². The maximum absolute atomic E-state index is 12.7. The monoisotopic (exact) mass is 377 g/mol. The molecule has 146 valence electrons. The third-order valence-electron chi connectivity index (χ3n) is 3.73.